The van der Waals surface area contributed by atoms with Crippen LogP contribution in [0.1, 0.15) is 25.0 Å². The van der Waals surface area contributed by atoms with Gasteiger partial charge in [0, 0.05) is 31.4 Å². The molecule has 2 heterocycles. The van der Waals surface area contributed by atoms with Crippen molar-refractivity contribution in [2.24, 2.45) is 11.1 Å². The minimum Gasteiger partial charge on any atom is -0.378 e. The SMILES string of the molecule is CN1C(=O)C(O)c2ccc(N3CCC(C)(C(N)=O)C3)cc21. The van der Waals surface area contributed by atoms with Crippen LogP contribution in [-0.4, -0.2) is 37.1 Å². The fourth-order valence-corrected chi connectivity index (χ4v) is 3.07. The zero-order chi connectivity index (χ0) is 15.4. The van der Waals surface area contributed by atoms with E-state index in [0.29, 0.717) is 12.1 Å². The molecule has 2 amide bonds. The van der Waals surface area contributed by atoms with Crippen LogP contribution in [0, 0.1) is 5.41 Å². The van der Waals surface area contributed by atoms with E-state index in [1.165, 1.54) is 4.90 Å². The number of carbonyl (C=O) groups excluding carboxylic acids is 2. The highest BCUT2D eigenvalue weighted by Gasteiger charge is 2.40. The van der Waals surface area contributed by atoms with E-state index in [4.69, 9.17) is 5.73 Å². The van der Waals surface area contributed by atoms with E-state index in [9.17, 15) is 14.7 Å². The number of nitrogens with zero attached hydrogens (tertiary/aromatic N) is 2. The molecule has 2 aliphatic heterocycles. The molecule has 1 fully saturated rings. The molecule has 6 heteroatoms. The molecule has 3 rings (SSSR count). The number of anilines is 2. The lowest BCUT2D eigenvalue weighted by Crippen LogP contribution is -2.37. The predicted molar refractivity (Wildman–Crippen MR) is 78.9 cm³/mol. The summed E-state index contributed by atoms with van der Waals surface area (Å²) < 4.78 is 0. The molecule has 0 bridgehead atoms. The van der Waals surface area contributed by atoms with Crippen molar-refractivity contribution in [1.82, 2.24) is 0 Å². The second-order valence-corrected chi connectivity index (χ2v) is 6.14. The van der Waals surface area contributed by atoms with Crippen molar-refractivity contribution in [3.05, 3.63) is 23.8 Å². The van der Waals surface area contributed by atoms with E-state index >= 15 is 0 Å². The maximum Gasteiger partial charge on any atom is 0.260 e. The molecule has 1 aromatic carbocycles. The minimum absolute atomic E-state index is 0.283. The molecule has 6 nitrogen and oxygen atoms in total. The fourth-order valence-electron chi connectivity index (χ4n) is 3.07. The van der Waals surface area contributed by atoms with Gasteiger partial charge in [-0.15, -0.1) is 0 Å². The van der Waals surface area contributed by atoms with Crippen LogP contribution in [0.4, 0.5) is 11.4 Å². The number of benzene rings is 1. The van der Waals surface area contributed by atoms with Gasteiger partial charge in [0.05, 0.1) is 11.1 Å². The van der Waals surface area contributed by atoms with E-state index in [1.54, 1.807) is 13.1 Å². The van der Waals surface area contributed by atoms with Crippen LogP contribution < -0.4 is 15.5 Å². The maximum atomic E-state index is 11.8. The number of hydrogen-bond donors (Lipinski definition) is 2. The monoisotopic (exact) mass is 289 g/mol. The van der Waals surface area contributed by atoms with Crippen molar-refractivity contribution < 1.29 is 14.7 Å². The topological polar surface area (TPSA) is 86.9 Å². The van der Waals surface area contributed by atoms with Crippen molar-refractivity contribution in [3.8, 4) is 0 Å². The summed E-state index contributed by atoms with van der Waals surface area (Å²) in [7, 11) is 1.65. The number of aliphatic hydroxyl groups is 1. The molecule has 0 aliphatic carbocycles. The van der Waals surface area contributed by atoms with Crippen LogP contribution >= 0.6 is 0 Å². The molecule has 21 heavy (non-hydrogen) atoms. The van der Waals surface area contributed by atoms with Gasteiger partial charge in [0.15, 0.2) is 6.10 Å². The van der Waals surface area contributed by atoms with E-state index < -0.39 is 11.5 Å². The summed E-state index contributed by atoms with van der Waals surface area (Å²) >= 11 is 0. The van der Waals surface area contributed by atoms with Gasteiger partial charge in [-0.25, -0.2) is 0 Å². The van der Waals surface area contributed by atoms with Crippen LogP contribution in [0.2, 0.25) is 0 Å². The van der Waals surface area contributed by atoms with Crippen LogP contribution in [0.25, 0.3) is 0 Å². The number of primary amides is 1. The zero-order valence-electron chi connectivity index (χ0n) is 12.2. The summed E-state index contributed by atoms with van der Waals surface area (Å²) in [4.78, 5) is 26.9. The molecule has 1 saturated heterocycles. The summed E-state index contributed by atoms with van der Waals surface area (Å²) in [6.07, 6.45) is -0.356. The molecule has 2 aliphatic rings. The molecule has 1 aromatic rings. The lowest BCUT2D eigenvalue weighted by molar-refractivity contribution is -0.126. The summed E-state index contributed by atoms with van der Waals surface area (Å²) in [5.74, 6) is -0.598. The standard InChI is InChI=1S/C15H19N3O3/c1-15(14(16)21)5-6-18(8-15)9-3-4-10-11(7-9)17(2)13(20)12(10)19/h3-4,7,12,19H,5-6,8H2,1-2H3,(H2,16,21). The Balaban J connectivity index is 1.90. The van der Waals surface area contributed by atoms with Crippen LogP contribution in [-0.2, 0) is 9.59 Å². The van der Waals surface area contributed by atoms with Gasteiger partial charge in [0.25, 0.3) is 5.91 Å². The Labute approximate surface area is 123 Å². The third kappa shape index (κ3) is 1.98. The first-order chi connectivity index (χ1) is 9.83. The first-order valence-electron chi connectivity index (χ1n) is 6.98. The molecule has 0 saturated carbocycles. The van der Waals surface area contributed by atoms with Gasteiger partial charge in [-0.2, -0.15) is 0 Å². The molecular formula is C15H19N3O3. The first kappa shape index (κ1) is 13.9. The molecule has 3 N–H and O–H groups in total. The molecule has 2 atom stereocenters. The lowest BCUT2D eigenvalue weighted by atomic mass is 9.89. The van der Waals surface area contributed by atoms with Crippen molar-refractivity contribution >= 4 is 23.2 Å². The highest BCUT2D eigenvalue weighted by molar-refractivity contribution is 6.04. The van der Waals surface area contributed by atoms with Crippen LogP contribution in [0.3, 0.4) is 0 Å². The average molecular weight is 289 g/mol. The second kappa shape index (κ2) is 4.46. The van der Waals surface area contributed by atoms with Gasteiger partial charge in [0.2, 0.25) is 5.91 Å². The Morgan fingerprint density at radius 1 is 1.48 bits per heavy atom. The maximum absolute atomic E-state index is 11.8. The highest BCUT2D eigenvalue weighted by atomic mass is 16.3. The van der Waals surface area contributed by atoms with E-state index in [-0.39, 0.29) is 11.8 Å². The summed E-state index contributed by atoms with van der Waals surface area (Å²) in [6.45, 7) is 3.20. The minimum atomic E-state index is -1.08. The van der Waals surface area contributed by atoms with Crippen LogP contribution in [0.15, 0.2) is 18.2 Å². The van der Waals surface area contributed by atoms with Gasteiger partial charge in [-0.3, -0.25) is 9.59 Å². The number of rotatable bonds is 2. The third-order valence-electron chi connectivity index (χ3n) is 4.67. The summed E-state index contributed by atoms with van der Waals surface area (Å²) in [6, 6.07) is 5.54. The second-order valence-electron chi connectivity index (χ2n) is 6.14. The molecule has 2 unspecified atom stereocenters. The number of nitrogens with two attached hydrogens (primary N) is 1. The average Bonchev–Trinajstić information content (AvgIpc) is 2.96. The lowest BCUT2D eigenvalue weighted by Gasteiger charge is -2.23. The van der Waals surface area contributed by atoms with Gasteiger partial charge in [0.1, 0.15) is 0 Å². The summed E-state index contributed by atoms with van der Waals surface area (Å²) in [5.41, 5.74) is 7.24. The first-order valence-corrected chi connectivity index (χ1v) is 6.98. The van der Waals surface area contributed by atoms with E-state index in [0.717, 1.165) is 24.3 Å². The Morgan fingerprint density at radius 3 is 2.81 bits per heavy atom. The Bertz CT molecular complexity index is 631. The Hall–Kier alpha value is -2.08. The Kier molecular flexibility index (Phi) is 2.95. The number of hydrogen-bond acceptors (Lipinski definition) is 4. The number of aliphatic hydroxyl groups excluding tert-OH is 1. The largest absolute Gasteiger partial charge is 0.378 e. The van der Waals surface area contributed by atoms with E-state index in [1.807, 2.05) is 19.1 Å². The van der Waals surface area contributed by atoms with Gasteiger partial charge in [-0.1, -0.05) is 6.07 Å². The number of carbonyl (C=O) groups is 2. The van der Waals surface area contributed by atoms with Gasteiger partial charge < -0.3 is 20.6 Å². The Morgan fingerprint density at radius 2 is 2.19 bits per heavy atom. The number of fused-ring (bicyclic) bond motifs is 1. The zero-order valence-corrected chi connectivity index (χ0v) is 12.2. The number of likely N-dealkylation sites (N-methyl/N-ethyl adjacent to an activating group) is 1. The summed E-state index contributed by atoms with van der Waals surface area (Å²) in [5, 5.41) is 9.87. The van der Waals surface area contributed by atoms with Gasteiger partial charge >= 0.3 is 0 Å². The van der Waals surface area contributed by atoms with Crippen molar-refractivity contribution in [2.75, 3.05) is 29.9 Å². The van der Waals surface area contributed by atoms with Crippen molar-refractivity contribution in [3.63, 3.8) is 0 Å². The fraction of sp³-hybridized carbons (Fsp3) is 0.467. The normalized spacial score (nSPS) is 28.1. The van der Waals surface area contributed by atoms with Gasteiger partial charge in [-0.05, 0) is 25.5 Å². The predicted octanol–water partition coefficient (Wildman–Crippen LogP) is 0.398. The number of amides is 2. The molecule has 0 radical (unpaired) electrons. The third-order valence-corrected chi connectivity index (χ3v) is 4.67. The van der Waals surface area contributed by atoms with E-state index in [2.05, 4.69) is 4.90 Å². The molecule has 0 aromatic heterocycles. The smallest absolute Gasteiger partial charge is 0.260 e. The van der Waals surface area contributed by atoms with Crippen molar-refractivity contribution in [1.29, 1.82) is 0 Å². The highest BCUT2D eigenvalue weighted by Crippen LogP contribution is 2.39. The quantitative estimate of drug-likeness (QED) is 0.825. The molecule has 112 valence electrons. The molecule has 0 spiro atoms. The molecular weight excluding hydrogens is 270 g/mol. The van der Waals surface area contributed by atoms with Crippen LogP contribution in [0.5, 0.6) is 0 Å². The van der Waals surface area contributed by atoms with Crippen molar-refractivity contribution in [2.45, 2.75) is 19.4 Å².